The average Bonchev–Trinajstić information content (AvgIpc) is 3.10. The second kappa shape index (κ2) is 10.0. The maximum Gasteiger partial charge on any atom is 0.251 e. The number of hydrogen-bond acceptors (Lipinski definition) is 5. The molecular formula is C23H24F3N5O2. The fraction of sp³-hybridized carbons (Fsp3) is 0.348. The van der Waals surface area contributed by atoms with E-state index >= 15 is 0 Å². The summed E-state index contributed by atoms with van der Waals surface area (Å²) in [5, 5.41) is 11.3. The van der Waals surface area contributed by atoms with Gasteiger partial charge in [0.05, 0.1) is 7.11 Å². The van der Waals surface area contributed by atoms with E-state index in [1.807, 2.05) is 9.47 Å². The van der Waals surface area contributed by atoms with Gasteiger partial charge in [-0.3, -0.25) is 9.69 Å². The molecule has 33 heavy (non-hydrogen) atoms. The molecule has 0 radical (unpaired) electrons. The summed E-state index contributed by atoms with van der Waals surface area (Å²) in [4.78, 5) is 14.2. The van der Waals surface area contributed by atoms with Gasteiger partial charge in [0.2, 0.25) is 0 Å². The van der Waals surface area contributed by atoms with E-state index in [4.69, 9.17) is 4.74 Å². The minimum absolute atomic E-state index is 0.0268. The van der Waals surface area contributed by atoms with Crippen LogP contribution in [0.2, 0.25) is 0 Å². The van der Waals surface area contributed by atoms with E-state index in [1.165, 1.54) is 0 Å². The van der Waals surface area contributed by atoms with Gasteiger partial charge in [-0.2, -0.15) is 0 Å². The Bertz CT molecular complexity index is 1130. The number of methoxy groups -OCH3 is 1. The second-order valence-electron chi connectivity index (χ2n) is 7.77. The molecule has 10 heteroatoms. The summed E-state index contributed by atoms with van der Waals surface area (Å²) >= 11 is 0. The number of nitrogens with zero attached hydrogens (tertiary/aromatic N) is 4. The predicted octanol–water partition coefficient (Wildman–Crippen LogP) is 2.73. The Hall–Kier alpha value is -3.40. The van der Waals surface area contributed by atoms with E-state index in [2.05, 4.69) is 15.5 Å². The van der Waals surface area contributed by atoms with Crippen molar-refractivity contribution in [2.45, 2.75) is 25.9 Å². The van der Waals surface area contributed by atoms with Crippen molar-refractivity contribution in [3.05, 3.63) is 76.6 Å². The molecule has 0 atom stereocenters. The van der Waals surface area contributed by atoms with E-state index in [0.29, 0.717) is 50.3 Å². The van der Waals surface area contributed by atoms with Gasteiger partial charge >= 0.3 is 0 Å². The zero-order chi connectivity index (χ0) is 23.4. The highest BCUT2D eigenvalue weighted by atomic mass is 19.2. The Kier molecular flexibility index (Phi) is 6.93. The zero-order valence-electron chi connectivity index (χ0n) is 18.2. The first-order chi connectivity index (χ1) is 16.0. The van der Waals surface area contributed by atoms with Crippen LogP contribution in [0.4, 0.5) is 13.2 Å². The highest BCUT2D eigenvalue weighted by Crippen LogP contribution is 2.19. The van der Waals surface area contributed by atoms with E-state index in [-0.39, 0.29) is 18.0 Å². The van der Waals surface area contributed by atoms with Crippen molar-refractivity contribution in [3.63, 3.8) is 0 Å². The van der Waals surface area contributed by atoms with Gasteiger partial charge in [-0.05, 0) is 36.4 Å². The quantitative estimate of drug-likeness (QED) is 0.550. The second-order valence-corrected chi connectivity index (χ2v) is 7.77. The van der Waals surface area contributed by atoms with Gasteiger partial charge in [0.15, 0.2) is 11.6 Å². The first kappa shape index (κ1) is 22.8. The number of amides is 1. The molecule has 0 unspecified atom stereocenters. The van der Waals surface area contributed by atoms with Gasteiger partial charge in [0.1, 0.15) is 23.2 Å². The largest absolute Gasteiger partial charge is 0.497 e. The first-order valence-corrected chi connectivity index (χ1v) is 10.6. The number of carbonyl (C=O) groups is 1. The minimum Gasteiger partial charge on any atom is -0.497 e. The molecule has 2 aromatic carbocycles. The molecule has 1 N–H and O–H groups in total. The molecule has 0 saturated carbocycles. The molecular weight excluding hydrogens is 435 g/mol. The molecule has 0 aliphatic carbocycles. The number of halogens is 3. The van der Waals surface area contributed by atoms with Gasteiger partial charge in [-0.15, -0.1) is 10.2 Å². The van der Waals surface area contributed by atoms with Crippen LogP contribution in [0.3, 0.4) is 0 Å². The van der Waals surface area contributed by atoms with Crippen LogP contribution in [0.25, 0.3) is 0 Å². The summed E-state index contributed by atoms with van der Waals surface area (Å²) in [6.45, 7) is 1.91. The number of carbonyl (C=O) groups excluding carboxylic acids is 1. The molecule has 0 saturated heterocycles. The van der Waals surface area contributed by atoms with E-state index in [9.17, 15) is 18.0 Å². The van der Waals surface area contributed by atoms with Crippen molar-refractivity contribution in [1.82, 2.24) is 25.0 Å². The third-order valence-electron chi connectivity index (χ3n) is 5.70. The average molecular weight is 459 g/mol. The fourth-order valence-electron chi connectivity index (χ4n) is 3.84. The molecule has 0 bridgehead atoms. The van der Waals surface area contributed by atoms with Crippen LogP contribution < -0.4 is 10.1 Å². The topological polar surface area (TPSA) is 72.3 Å². The molecule has 1 aliphatic heterocycles. The van der Waals surface area contributed by atoms with Crippen LogP contribution in [-0.2, 0) is 25.9 Å². The monoisotopic (exact) mass is 459 g/mol. The number of ether oxygens (including phenoxy) is 1. The molecule has 174 valence electrons. The third kappa shape index (κ3) is 5.16. The summed E-state index contributed by atoms with van der Waals surface area (Å²) in [6, 6.07) is 8.56. The number of fused-ring (bicyclic) bond motifs is 1. The van der Waals surface area contributed by atoms with Crippen molar-refractivity contribution >= 4 is 5.91 Å². The lowest BCUT2D eigenvalue weighted by molar-refractivity contribution is 0.0954. The predicted molar refractivity (Wildman–Crippen MR) is 114 cm³/mol. The summed E-state index contributed by atoms with van der Waals surface area (Å²) in [5.74, 6) is -0.984. The van der Waals surface area contributed by atoms with Crippen LogP contribution in [0, 0.1) is 17.5 Å². The van der Waals surface area contributed by atoms with Crippen molar-refractivity contribution < 1.29 is 22.7 Å². The molecule has 0 fully saturated rings. The number of rotatable bonds is 7. The standard InChI is InChI=1S/C23H24F3N5O2/c1-33-16-4-2-15(3-5-16)23(32)27-10-8-20-28-29-21-9-11-30(12-13-31(20)21)14-17-18(24)6-7-19(25)22(17)26/h2-7H,8-14H2,1H3,(H,27,32). The molecule has 2 heterocycles. The Morgan fingerprint density at radius 3 is 2.55 bits per heavy atom. The van der Waals surface area contributed by atoms with Crippen molar-refractivity contribution in [2.24, 2.45) is 0 Å². The van der Waals surface area contributed by atoms with Crippen LogP contribution in [-0.4, -0.2) is 52.3 Å². The summed E-state index contributed by atoms with van der Waals surface area (Å²) in [7, 11) is 1.56. The zero-order valence-corrected chi connectivity index (χ0v) is 18.2. The van der Waals surface area contributed by atoms with Crippen LogP contribution in [0.1, 0.15) is 27.6 Å². The van der Waals surface area contributed by atoms with Crippen LogP contribution in [0.5, 0.6) is 5.75 Å². The van der Waals surface area contributed by atoms with Gasteiger partial charge in [0.25, 0.3) is 5.91 Å². The lowest BCUT2D eigenvalue weighted by atomic mass is 10.1. The first-order valence-electron chi connectivity index (χ1n) is 10.6. The van der Waals surface area contributed by atoms with Gasteiger partial charge in [-0.1, -0.05) is 0 Å². The number of hydrogen-bond donors (Lipinski definition) is 1. The molecule has 3 aromatic rings. The van der Waals surface area contributed by atoms with E-state index < -0.39 is 17.5 Å². The van der Waals surface area contributed by atoms with E-state index in [0.717, 1.165) is 23.8 Å². The smallest absolute Gasteiger partial charge is 0.251 e. The number of benzene rings is 2. The van der Waals surface area contributed by atoms with Crippen LogP contribution in [0.15, 0.2) is 36.4 Å². The number of nitrogens with one attached hydrogen (secondary N) is 1. The Labute approximate surface area is 189 Å². The summed E-state index contributed by atoms with van der Waals surface area (Å²) in [5.41, 5.74) is 0.262. The van der Waals surface area contributed by atoms with Crippen LogP contribution >= 0.6 is 0 Å². The normalized spacial score (nSPS) is 13.9. The molecule has 1 aromatic heterocycles. The molecule has 1 amide bonds. The van der Waals surface area contributed by atoms with Crippen molar-refractivity contribution in [1.29, 1.82) is 0 Å². The van der Waals surface area contributed by atoms with Gasteiger partial charge in [0, 0.05) is 56.7 Å². The lowest BCUT2D eigenvalue weighted by Crippen LogP contribution is -2.28. The molecule has 7 nitrogen and oxygen atoms in total. The van der Waals surface area contributed by atoms with Gasteiger partial charge < -0.3 is 14.6 Å². The van der Waals surface area contributed by atoms with E-state index in [1.54, 1.807) is 31.4 Å². The van der Waals surface area contributed by atoms with Crippen molar-refractivity contribution in [2.75, 3.05) is 26.7 Å². The number of aromatic nitrogens is 3. The Balaban J connectivity index is 1.33. The third-order valence-corrected chi connectivity index (χ3v) is 5.70. The minimum atomic E-state index is -1.15. The SMILES string of the molecule is COc1ccc(C(=O)NCCc2nnc3n2CCN(Cc2c(F)ccc(F)c2F)CC3)cc1. The maximum atomic E-state index is 14.0. The Morgan fingerprint density at radius 1 is 1.03 bits per heavy atom. The molecule has 4 rings (SSSR count). The van der Waals surface area contributed by atoms with Crippen molar-refractivity contribution in [3.8, 4) is 5.75 Å². The maximum absolute atomic E-state index is 14.0. The Morgan fingerprint density at radius 2 is 1.79 bits per heavy atom. The highest BCUT2D eigenvalue weighted by molar-refractivity contribution is 5.94. The summed E-state index contributed by atoms with van der Waals surface area (Å²) < 4.78 is 48.6. The fourth-order valence-corrected chi connectivity index (χ4v) is 3.84. The lowest BCUT2D eigenvalue weighted by Gasteiger charge is -2.20. The van der Waals surface area contributed by atoms with Gasteiger partial charge in [-0.25, -0.2) is 13.2 Å². The highest BCUT2D eigenvalue weighted by Gasteiger charge is 2.22. The molecule has 0 spiro atoms. The summed E-state index contributed by atoms with van der Waals surface area (Å²) in [6.07, 6.45) is 1.03. The molecule has 1 aliphatic rings.